The number of pyridine rings is 1. The number of amides is 1. The maximum absolute atomic E-state index is 12.4. The Morgan fingerprint density at radius 2 is 1.75 bits per heavy atom. The predicted molar refractivity (Wildman–Crippen MR) is 97.1 cm³/mol. The Kier molecular flexibility index (Phi) is 6.47. The second-order valence-electron chi connectivity index (χ2n) is 7.06. The summed E-state index contributed by atoms with van der Waals surface area (Å²) >= 11 is 0. The number of nitrogens with zero attached hydrogens (tertiary/aromatic N) is 3. The van der Waals surface area contributed by atoms with Gasteiger partial charge in [0.15, 0.2) is 0 Å². The number of carbonyl (C=O) groups excluding carboxylic acids is 1. The second kappa shape index (κ2) is 9.02. The Balaban J connectivity index is 1.39. The molecule has 2 aliphatic rings. The molecular formula is C19H30N4O. The van der Waals surface area contributed by atoms with Crippen molar-refractivity contribution in [3.8, 4) is 0 Å². The van der Waals surface area contributed by atoms with E-state index >= 15 is 0 Å². The van der Waals surface area contributed by atoms with Crippen molar-refractivity contribution in [3.63, 3.8) is 0 Å². The van der Waals surface area contributed by atoms with E-state index in [4.69, 9.17) is 0 Å². The van der Waals surface area contributed by atoms with Gasteiger partial charge in [0.1, 0.15) is 5.82 Å². The highest BCUT2D eigenvalue weighted by Crippen LogP contribution is 2.17. The lowest BCUT2D eigenvalue weighted by atomic mass is 9.97. The summed E-state index contributed by atoms with van der Waals surface area (Å²) in [6, 6.07) is 6.42. The first-order valence-corrected chi connectivity index (χ1v) is 9.49. The van der Waals surface area contributed by atoms with Crippen molar-refractivity contribution in [1.29, 1.82) is 0 Å². The third-order valence-corrected chi connectivity index (χ3v) is 5.18. The lowest BCUT2D eigenvalue weighted by molar-refractivity contribution is -0.123. The van der Waals surface area contributed by atoms with Crippen LogP contribution in [0.1, 0.15) is 44.9 Å². The second-order valence-corrected chi connectivity index (χ2v) is 7.06. The zero-order valence-corrected chi connectivity index (χ0v) is 14.6. The lowest BCUT2D eigenvalue weighted by Crippen LogP contribution is -2.50. The van der Waals surface area contributed by atoms with Crippen molar-refractivity contribution >= 4 is 11.7 Å². The summed E-state index contributed by atoms with van der Waals surface area (Å²) < 4.78 is 0. The van der Waals surface area contributed by atoms with E-state index in [1.54, 1.807) is 0 Å². The smallest absolute Gasteiger partial charge is 0.234 e. The van der Waals surface area contributed by atoms with Gasteiger partial charge in [-0.2, -0.15) is 0 Å². The third kappa shape index (κ3) is 5.20. The highest BCUT2D eigenvalue weighted by Gasteiger charge is 2.21. The van der Waals surface area contributed by atoms with Crippen molar-refractivity contribution in [2.24, 2.45) is 0 Å². The molecule has 0 spiro atoms. The topological polar surface area (TPSA) is 48.5 Å². The average Bonchev–Trinajstić information content (AvgIpc) is 2.59. The first kappa shape index (κ1) is 17.2. The molecule has 3 rings (SSSR count). The van der Waals surface area contributed by atoms with Crippen LogP contribution in [0.5, 0.6) is 0 Å². The van der Waals surface area contributed by atoms with E-state index < -0.39 is 0 Å². The van der Waals surface area contributed by atoms with Crippen molar-refractivity contribution in [1.82, 2.24) is 15.2 Å². The maximum Gasteiger partial charge on any atom is 0.234 e. The van der Waals surface area contributed by atoms with Crippen LogP contribution in [0, 0.1) is 0 Å². The van der Waals surface area contributed by atoms with Gasteiger partial charge in [-0.15, -0.1) is 0 Å². The van der Waals surface area contributed by atoms with E-state index in [1.165, 1.54) is 32.1 Å². The number of carbonyl (C=O) groups is 1. The minimum Gasteiger partial charge on any atom is -0.354 e. The van der Waals surface area contributed by atoms with Crippen LogP contribution in [0.25, 0.3) is 0 Å². The first-order valence-electron chi connectivity index (χ1n) is 9.49. The molecule has 1 aliphatic heterocycles. The fourth-order valence-corrected chi connectivity index (χ4v) is 3.75. The van der Waals surface area contributed by atoms with Crippen LogP contribution in [0.2, 0.25) is 0 Å². The lowest BCUT2D eigenvalue weighted by Gasteiger charge is -2.35. The fourth-order valence-electron chi connectivity index (χ4n) is 3.75. The van der Waals surface area contributed by atoms with E-state index in [0.29, 0.717) is 12.6 Å². The molecule has 2 fully saturated rings. The molecule has 1 aliphatic carbocycles. The number of rotatable bonds is 4. The largest absolute Gasteiger partial charge is 0.354 e. The van der Waals surface area contributed by atoms with Gasteiger partial charge in [0, 0.05) is 38.4 Å². The molecule has 0 radical (unpaired) electrons. The quantitative estimate of drug-likeness (QED) is 0.921. The van der Waals surface area contributed by atoms with Crippen molar-refractivity contribution < 1.29 is 4.79 Å². The van der Waals surface area contributed by atoms with Crippen LogP contribution >= 0.6 is 0 Å². The number of piperazine rings is 1. The minimum atomic E-state index is 0.201. The van der Waals surface area contributed by atoms with Gasteiger partial charge in [-0.05, 0) is 25.0 Å². The van der Waals surface area contributed by atoms with Crippen LogP contribution in [0.3, 0.4) is 0 Å². The molecule has 0 aromatic carbocycles. The van der Waals surface area contributed by atoms with Gasteiger partial charge in [-0.3, -0.25) is 9.69 Å². The molecular weight excluding hydrogens is 300 g/mol. The summed E-state index contributed by atoms with van der Waals surface area (Å²) in [6.07, 6.45) is 10.7. The Labute approximate surface area is 145 Å². The molecule has 1 N–H and O–H groups in total. The van der Waals surface area contributed by atoms with Crippen LogP contribution < -0.4 is 10.2 Å². The standard InChI is InChI=1S/C19H30N4O/c24-19(21-17-8-4-2-1-3-5-9-17)16-22-12-14-23(15-13-22)18-10-6-7-11-20-18/h6-7,10-11,17H,1-5,8-9,12-16H2,(H,21,24). The van der Waals surface area contributed by atoms with Crippen LogP contribution in [-0.4, -0.2) is 54.6 Å². The van der Waals surface area contributed by atoms with Gasteiger partial charge in [0.25, 0.3) is 0 Å². The summed E-state index contributed by atoms with van der Waals surface area (Å²) in [5.41, 5.74) is 0. The molecule has 0 unspecified atom stereocenters. The van der Waals surface area contributed by atoms with E-state index in [-0.39, 0.29) is 5.91 Å². The fraction of sp³-hybridized carbons (Fsp3) is 0.684. The number of hydrogen-bond donors (Lipinski definition) is 1. The molecule has 24 heavy (non-hydrogen) atoms. The molecule has 1 saturated heterocycles. The molecule has 0 atom stereocenters. The average molecular weight is 330 g/mol. The first-order chi connectivity index (χ1) is 11.8. The van der Waals surface area contributed by atoms with Gasteiger partial charge in [-0.25, -0.2) is 4.98 Å². The zero-order chi connectivity index (χ0) is 16.6. The maximum atomic E-state index is 12.4. The van der Waals surface area contributed by atoms with Crippen LogP contribution in [0.15, 0.2) is 24.4 Å². The van der Waals surface area contributed by atoms with Crippen LogP contribution in [0.4, 0.5) is 5.82 Å². The normalized spacial score (nSPS) is 21.1. The monoisotopic (exact) mass is 330 g/mol. The van der Waals surface area contributed by atoms with Crippen LogP contribution in [-0.2, 0) is 4.79 Å². The predicted octanol–water partition coefficient (Wildman–Crippen LogP) is 2.43. The van der Waals surface area contributed by atoms with E-state index in [2.05, 4.69) is 26.2 Å². The summed E-state index contributed by atoms with van der Waals surface area (Å²) in [6.45, 7) is 4.26. The zero-order valence-electron chi connectivity index (χ0n) is 14.6. The molecule has 1 aromatic heterocycles. The third-order valence-electron chi connectivity index (χ3n) is 5.18. The summed E-state index contributed by atoms with van der Waals surface area (Å²) in [5, 5.41) is 3.27. The molecule has 1 amide bonds. The molecule has 132 valence electrons. The van der Waals surface area contributed by atoms with Gasteiger partial charge in [0.2, 0.25) is 5.91 Å². The Morgan fingerprint density at radius 1 is 1.04 bits per heavy atom. The summed E-state index contributed by atoms with van der Waals surface area (Å²) in [7, 11) is 0. The minimum absolute atomic E-state index is 0.201. The van der Waals surface area contributed by atoms with Crippen molar-refractivity contribution in [2.75, 3.05) is 37.6 Å². The molecule has 5 heteroatoms. The number of hydrogen-bond acceptors (Lipinski definition) is 4. The van der Waals surface area contributed by atoms with Gasteiger partial charge in [-0.1, -0.05) is 38.2 Å². The Morgan fingerprint density at radius 3 is 2.42 bits per heavy atom. The van der Waals surface area contributed by atoms with E-state index in [1.807, 2.05) is 18.3 Å². The van der Waals surface area contributed by atoms with E-state index in [9.17, 15) is 4.79 Å². The number of nitrogens with one attached hydrogen (secondary N) is 1. The summed E-state index contributed by atoms with van der Waals surface area (Å²) in [4.78, 5) is 21.3. The van der Waals surface area contributed by atoms with Crippen molar-refractivity contribution in [2.45, 2.75) is 51.0 Å². The molecule has 2 heterocycles. The highest BCUT2D eigenvalue weighted by atomic mass is 16.2. The number of aromatic nitrogens is 1. The van der Waals surface area contributed by atoms with Gasteiger partial charge in [0.05, 0.1) is 6.54 Å². The van der Waals surface area contributed by atoms with Gasteiger partial charge >= 0.3 is 0 Å². The molecule has 5 nitrogen and oxygen atoms in total. The summed E-state index contributed by atoms with van der Waals surface area (Å²) in [5.74, 6) is 1.24. The molecule has 0 bridgehead atoms. The highest BCUT2D eigenvalue weighted by molar-refractivity contribution is 5.78. The molecule has 1 aromatic rings. The molecule has 1 saturated carbocycles. The Bertz CT molecular complexity index is 491. The van der Waals surface area contributed by atoms with E-state index in [0.717, 1.165) is 44.8 Å². The SMILES string of the molecule is O=C(CN1CCN(c2ccccn2)CC1)NC1CCCCCCC1. The van der Waals surface area contributed by atoms with Gasteiger partial charge < -0.3 is 10.2 Å². The Hall–Kier alpha value is -1.62. The number of anilines is 1. The van der Waals surface area contributed by atoms with Crippen molar-refractivity contribution in [3.05, 3.63) is 24.4 Å².